The van der Waals surface area contributed by atoms with Gasteiger partial charge in [-0.3, -0.25) is 29.2 Å². The van der Waals surface area contributed by atoms with Gasteiger partial charge in [0, 0.05) is 57.0 Å². The molecule has 14 nitrogen and oxygen atoms in total. The Morgan fingerprint density at radius 3 is 2.56 bits per heavy atom. The fourth-order valence-corrected chi connectivity index (χ4v) is 7.21. The van der Waals surface area contributed by atoms with Gasteiger partial charge in [-0.05, 0) is 85.2 Å². The number of methoxy groups -OCH3 is 1. The molecule has 55 heavy (non-hydrogen) atoms. The molecule has 3 N–H and O–H groups in total. The highest BCUT2D eigenvalue weighted by Crippen LogP contribution is 2.36. The Balaban J connectivity index is 1.57. The quantitative estimate of drug-likeness (QED) is 0.131. The molecule has 0 aliphatic carbocycles. The lowest BCUT2D eigenvalue weighted by Gasteiger charge is -2.33. The first kappa shape index (κ1) is 40.8. The zero-order valence-electron chi connectivity index (χ0n) is 32.7. The van der Waals surface area contributed by atoms with Crippen LogP contribution in [-0.2, 0) is 41.5 Å². The number of ether oxygens (including phenoxy) is 2. The summed E-state index contributed by atoms with van der Waals surface area (Å²) in [6.07, 6.45) is 6.33. The second-order valence-corrected chi connectivity index (χ2v) is 15.3. The fraction of sp³-hybridized carbons (Fsp3) is 0.463. The number of benzene rings is 1. The Morgan fingerprint density at radius 1 is 1.11 bits per heavy atom. The lowest BCUT2D eigenvalue weighted by atomic mass is 9.87. The van der Waals surface area contributed by atoms with Crippen LogP contribution in [0.3, 0.4) is 0 Å². The normalized spacial score (nSPS) is 15.0. The third-order valence-corrected chi connectivity index (χ3v) is 9.99. The van der Waals surface area contributed by atoms with Crippen LogP contribution < -0.4 is 10.7 Å². The van der Waals surface area contributed by atoms with Crippen molar-refractivity contribution in [1.29, 1.82) is 0 Å². The Labute approximate surface area is 322 Å². The third-order valence-electron chi connectivity index (χ3n) is 9.99. The maximum Gasteiger partial charge on any atom is 0.293 e. The largest absolute Gasteiger partial charge is 0.508 e. The zero-order valence-corrected chi connectivity index (χ0v) is 32.7. The number of phenols is 1. The molecule has 4 heterocycles. The number of hydrogen-bond acceptors (Lipinski definition) is 10. The van der Waals surface area contributed by atoms with Crippen LogP contribution in [0.1, 0.15) is 70.5 Å². The molecule has 0 radical (unpaired) electrons. The highest BCUT2D eigenvalue weighted by atomic mass is 16.5. The maximum atomic E-state index is 13.9. The Bertz CT molecular complexity index is 1990. The molecule has 14 heteroatoms. The maximum absolute atomic E-state index is 13.9. The number of likely N-dealkylation sites (N-methyl/N-ethyl adjacent to an activating group) is 1. The van der Waals surface area contributed by atoms with Crippen molar-refractivity contribution in [3.8, 4) is 28.1 Å². The summed E-state index contributed by atoms with van der Waals surface area (Å²) in [4.78, 5) is 61.4. The number of phenolic OH excluding ortho intramolecular Hbond substituents is 1. The highest BCUT2D eigenvalue weighted by molar-refractivity contribution is 5.91. The van der Waals surface area contributed by atoms with E-state index in [-0.39, 0.29) is 36.7 Å². The van der Waals surface area contributed by atoms with Crippen LogP contribution in [0.4, 0.5) is 0 Å². The van der Waals surface area contributed by atoms with Crippen LogP contribution in [0.15, 0.2) is 54.9 Å². The zero-order chi connectivity index (χ0) is 39.9. The summed E-state index contributed by atoms with van der Waals surface area (Å²) in [5.74, 6) is -0.947. The summed E-state index contributed by atoms with van der Waals surface area (Å²) in [5, 5.41) is 15.5. The Hall–Kier alpha value is -5.34. The standard InChI is InChI=1S/C41H53N7O7/c1-26(2)38(46(6)24-49)39(52)44-33(40(53)48-16-9-8-15-43-48)19-28-17-30(20-31(51)18-28)29-12-13-35-45-37(32-11-10-14-42-36(32)27(3)54-7)34(47(35)22-29)21-41(4,5)23-55-25-50/h10-14,17-18,20,22,24-27,33,38,43,51H,8-9,15-16,19,21,23H2,1-7H3,(H,44,52). The molecule has 3 amide bonds. The second-order valence-electron chi connectivity index (χ2n) is 15.3. The lowest BCUT2D eigenvalue weighted by Crippen LogP contribution is -2.58. The van der Waals surface area contributed by atoms with E-state index in [0.29, 0.717) is 49.2 Å². The number of pyridine rings is 2. The van der Waals surface area contributed by atoms with E-state index in [4.69, 9.17) is 14.5 Å². The van der Waals surface area contributed by atoms with Gasteiger partial charge in [0.2, 0.25) is 12.3 Å². The number of carbonyl (C=O) groups is 4. The minimum absolute atomic E-state index is 0.00536. The molecular weight excluding hydrogens is 702 g/mol. The smallest absolute Gasteiger partial charge is 0.293 e. The minimum Gasteiger partial charge on any atom is -0.508 e. The molecular formula is C41H53N7O7. The number of amides is 3. The molecule has 3 unspecified atom stereocenters. The van der Waals surface area contributed by atoms with E-state index in [1.54, 1.807) is 37.5 Å². The predicted molar refractivity (Wildman–Crippen MR) is 207 cm³/mol. The molecule has 1 fully saturated rings. The van der Waals surface area contributed by atoms with E-state index in [2.05, 4.69) is 15.7 Å². The van der Waals surface area contributed by atoms with Crippen molar-refractivity contribution >= 4 is 30.3 Å². The van der Waals surface area contributed by atoms with Crippen molar-refractivity contribution < 1.29 is 33.8 Å². The number of nitrogens with one attached hydrogen (secondary N) is 2. The molecule has 0 bridgehead atoms. The molecule has 1 aliphatic rings. The fourth-order valence-electron chi connectivity index (χ4n) is 7.21. The number of imidazole rings is 1. The van der Waals surface area contributed by atoms with Crippen molar-refractivity contribution in [2.45, 2.75) is 78.5 Å². The number of aromatic hydroxyl groups is 1. The van der Waals surface area contributed by atoms with Crippen molar-refractivity contribution in [2.75, 3.05) is 33.9 Å². The molecule has 1 aromatic carbocycles. The number of nitrogens with zero attached hydrogens (tertiary/aromatic N) is 5. The van der Waals surface area contributed by atoms with Crippen LogP contribution in [0, 0.1) is 11.3 Å². The SMILES string of the molecule is COC(C)c1ncccc1-c1nc2ccc(-c3cc(O)cc(CC(NC(=O)C(C(C)C)N(C)C=O)C(=O)N4CCCCN4)c3)cn2c1CC(C)(C)COC=O. The van der Waals surface area contributed by atoms with Gasteiger partial charge in [0.25, 0.3) is 12.4 Å². The number of hydrazine groups is 1. The third kappa shape index (κ3) is 9.67. The number of aromatic nitrogens is 3. The number of rotatable bonds is 17. The summed E-state index contributed by atoms with van der Waals surface area (Å²) in [6, 6.07) is 11.0. The molecule has 5 rings (SSSR count). The molecule has 1 saturated heterocycles. The summed E-state index contributed by atoms with van der Waals surface area (Å²) >= 11 is 0. The van der Waals surface area contributed by atoms with Gasteiger partial charge in [0.1, 0.15) is 23.5 Å². The molecule has 4 aromatic rings. The first-order valence-electron chi connectivity index (χ1n) is 18.7. The van der Waals surface area contributed by atoms with Crippen molar-refractivity contribution in [1.82, 2.24) is 35.0 Å². The van der Waals surface area contributed by atoms with E-state index >= 15 is 0 Å². The lowest BCUT2D eigenvalue weighted by molar-refractivity contribution is -0.142. The molecule has 3 aromatic heterocycles. The molecule has 3 atom stereocenters. The van der Waals surface area contributed by atoms with Crippen LogP contribution >= 0.6 is 0 Å². The topological polar surface area (TPSA) is 168 Å². The number of fused-ring (bicyclic) bond motifs is 1. The molecule has 0 spiro atoms. The van der Waals surface area contributed by atoms with Crippen molar-refractivity contribution in [2.24, 2.45) is 11.3 Å². The average Bonchev–Trinajstić information content (AvgIpc) is 3.52. The monoisotopic (exact) mass is 755 g/mol. The summed E-state index contributed by atoms with van der Waals surface area (Å²) in [6.45, 7) is 11.4. The van der Waals surface area contributed by atoms with Gasteiger partial charge in [0.05, 0.1) is 29.8 Å². The second kappa shape index (κ2) is 17.9. The summed E-state index contributed by atoms with van der Waals surface area (Å²) < 4.78 is 12.9. The van der Waals surface area contributed by atoms with Gasteiger partial charge < -0.3 is 29.2 Å². The Morgan fingerprint density at radius 2 is 1.89 bits per heavy atom. The van der Waals surface area contributed by atoms with Gasteiger partial charge in [-0.15, -0.1) is 0 Å². The van der Waals surface area contributed by atoms with Gasteiger partial charge in [-0.2, -0.15) is 0 Å². The van der Waals surface area contributed by atoms with Crippen LogP contribution in [0.5, 0.6) is 5.75 Å². The van der Waals surface area contributed by atoms with E-state index < -0.39 is 23.4 Å². The summed E-state index contributed by atoms with van der Waals surface area (Å²) in [5.41, 5.74) is 8.61. The average molecular weight is 756 g/mol. The molecule has 294 valence electrons. The van der Waals surface area contributed by atoms with Crippen molar-refractivity contribution in [3.05, 3.63) is 71.8 Å². The minimum atomic E-state index is -0.974. The van der Waals surface area contributed by atoms with Gasteiger partial charge in [0.15, 0.2) is 0 Å². The first-order valence-corrected chi connectivity index (χ1v) is 18.7. The highest BCUT2D eigenvalue weighted by Gasteiger charge is 2.33. The predicted octanol–water partition coefficient (Wildman–Crippen LogP) is 4.49. The Kier molecular flexibility index (Phi) is 13.3. The number of hydrogen-bond donors (Lipinski definition) is 3. The van der Waals surface area contributed by atoms with Crippen LogP contribution in [0.25, 0.3) is 28.0 Å². The van der Waals surface area contributed by atoms with Crippen molar-refractivity contribution in [3.63, 3.8) is 0 Å². The van der Waals surface area contributed by atoms with E-state index in [1.165, 1.54) is 4.90 Å². The van der Waals surface area contributed by atoms with E-state index in [9.17, 15) is 24.3 Å². The number of carbonyl (C=O) groups excluding carboxylic acids is 4. The molecule has 1 aliphatic heterocycles. The first-order chi connectivity index (χ1) is 26.3. The van der Waals surface area contributed by atoms with Crippen LogP contribution in [-0.4, -0.2) is 100 Å². The van der Waals surface area contributed by atoms with E-state index in [0.717, 1.165) is 41.1 Å². The molecule has 0 saturated carbocycles. The van der Waals surface area contributed by atoms with E-state index in [1.807, 2.05) is 75.5 Å². The van der Waals surface area contributed by atoms with Gasteiger partial charge in [-0.1, -0.05) is 33.8 Å². The van der Waals surface area contributed by atoms with Crippen LogP contribution in [0.2, 0.25) is 0 Å². The van der Waals surface area contributed by atoms with Gasteiger partial charge >= 0.3 is 0 Å². The summed E-state index contributed by atoms with van der Waals surface area (Å²) in [7, 11) is 3.18. The van der Waals surface area contributed by atoms with Gasteiger partial charge in [-0.25, -0.2) is 10.4 Å².